The predicted octanol–water partition coefficient (Wildman–Crippen LogP) is 2.66. The van der Waals surface area contributed by atoms with E-state index in [0.717, 1.165) is 38.7 Å². The molecule has 19 N–H and O–H groups in total. The average Bonchev–Trinajstić information content (AvgIpc) is 1.60. The Bertz CT molecular complexity index is 4960. The van der Waals surface area contributed by atoms with Gasteiger partial charge in [0.05, 0.1) is 31.6 Å². The van der Waals surface area contributed by atoms with Gasteiger partial charge in [0.25, 0.3) is 5.91 Å². The highest BCUT2D eigenvalue weighted by Crippen LogP contribution is 2.36. The molecule has 5 aromatic rings. The summed E-state index contributed by atoms with van der Waals surface area (Å²) in [5, 5.41) is 107. The number of nitrogens with zero attached hydrogens (tertiary/aromatic N) is 5. The second-order valence-corrected chi connectivity index (χ2v) is 34.4. The number of hydrogen-bond acceptors (Lipinski definition) is 22. The van der Waals surface area contributed by atoms with Crippen molar-refractivity contribution in [3.05, 3.63) is 107 Å². The third-order valence-corrected chi connectivity index (χ3v) is 24.1. The van der Waals surface area contributed by atoms with Gasteiger partial charge in [-0.2, -0.15) is 0 Å². The molecule has 1 aliphatic carbocycles. The Kier molecular flexibility index (Phi) is 43.4. The number of carboxylic acid groups (broad SMARTS) is 8. The molecule has 8 rings (SSSR count). The lowest BCUT2D eigenvalue weighted by Crippen LogP contribution is -2.54. The summed E-state index contributed by atoms with van der Waals surface area (Å²) in [6.45, 7) is -0.799. The van der Waals surface area contributed by atoms with Crippen LogP contribution in [-0.2, 0) is 96.1 Å². The molecule has 3 heterocycles. The smallest absolute Gasteiger partial charge is 0.326 e. The van der Waals surface area contributed by atoms with Crippen LogP contribution in [0.2, 0.25) is 0 Å². The number of carbonyl (C=O) groups excluding carboxylic acids is 10. The third-order valence-electron chi connectivity index (χ3n) is 24.1. The minimum Gasteiger partial charge on any atom is -0.481 e. The number of unbranched alkanes of at least 4 members (excludes halogenated alkanes) is 5. The number of rotatable bonds is 54. The van der Waals surface area contributed by atoms with Gasteiger partial charge in [-0.05, 0) is 147 Å². The topological polar surface area (TPSA) is 621 Å². The molecule has 43 heteroatoms. The maximum absolute atomic E-state index is 14.5. The summed E-state index contributed by atoms with van der Waals surface area (Å²) >= 11 is 0. The van der Waals surface area contributed by atoms with Gasteiger partial charge in [0, 0.05) is 160 Å². The minimum atomic E-state index is -1.78. The van der Waals surface area contributed by atoms with Gasteiger partial charge in [0.1, 0.15) is 42.1 Å². The Morgan fingerprint density at radius 2 is 1.04 bits per heavy atom. The number of carbonyl (C=O) groups is 18. The fourth-order valence-corrected chi connectivity index (χ4v) is 16.8. The maximum Gasteiger partial charge on any atom is 0.326 e. The van der Waals surface area contributed by atoms with Crippen LogP contribution >= 0.6 is 0 Å². The number of hydrogen-bond donors (Lipinski definition) is 19. The highest BCUT2D eigenvalue weighted by molar-refractivity contribution is 6.10. The van der Waals surface area contributed by atoms with Crippen molar-refractivity contribution in [1.29, 1.82) is 0 Å². The summed E-state index contributed by atoms with van der Waals surface area (Å²) in [5.41, 5.74) is 4.97. The molecule has 135 heavy (non-hydrogen) atoms. The lowest BCUT2D eigenvalue weighted by molar-refractivity contribution is -0.145. The Hall–Kier alpha value is -13.3. The molecule has 736 valence electrons. The first-order valence-electron chi connectivity index (χ1n) is 45.6. The van der Waals surface area contributed by atoms with Crippen molar-refractivity contribution in [3.8, 4) is 11.3 Å². The number of benzene rings is 4. The van der Waals surface area contributed by atoms with Gasteiger partial charge in [-0.1, -0.05) is 79.6 Å². The first kappa shape index (κ1) is 107. The van der Waals surface area contributed by atoms with Crippen molar-refractivity contribution in [2.45, 2.75) is 197 Å². The average molecular weight is 1890 g/mol. The number of urea groups is 1. The molecule has 4 aromatic carbocycles. The Balaban J connectivity index is 0.815. The molecule has 1 saturated heterocycles. The first-order valence-corrected chi connectivity index (χ1v) is 45.6. The normalized spacial score (nSPS) is 16.5. The summed E-state index contributed by atoms with van der Waals surface area (Å²) in [4.78, 5) is 242. The van der Waals surface area contributed by atoms with E-state index in [4.69, 9.17) is 5.11 Å². The molecule has 1 saturated carbocycles. The van der Waals surface area contributed by atoms with Crippen LogP contribution in [0.3, 0.4) is 0 Å². The number of aliphatic carboxylic acids is 8. The zero-order valence-electron chi connectivity index (χ0n) is 75.7. The quantitative estimate of drug-likeness (QED) is 0.0249. The van der Waals surface area contributed by atoms with Crippen molar-refractivity contribution in [3.63, 3.8) is 0 Å². The van der Waals surface area contributed by atoms with Gasteiger partial charge in [-0.3, -0.25) is 91.5 Å². The van der Waals surface area contributed by atoms with E-state index in [2.05, 4.69) is 58.2 Å². The molecule has 0 radical (unpaired) electrons. The van der Waals surface area contributed by atoms with Crippen molar-refractivity contribution in [2.75, 3.05) is 112 Å². The van der Waals surface area contributed by atoms with Gasteiger partial charge in [0.15, 0.2) is 0 Å². The van der Waals surface area contributed by atoms with Gasteiger partial charge in [0.2, 0.25) is 47.3 Å². The monoisotopic (exact) mass is 1890 g/mol. The summed E-state index contributed by atoms with van der Waals surface area (Å²) in [5.74, 6) is -16.9. The highest BCUT2D eigenvalue weighted by atomic mass is 19.1. The van der Waals surface area contributed by atoms with Crippen LogP contribution in [0.5, 0.6) is 0 Å². The second kappa shape index (κ2) is 54.8. The second-order valence-electron chi connectivity index (χ2n) is 34.4. The van der Waals surface area contributed by atoms with Crippen LogP contribution in [-0.4, -0.2) is 325 Å². The molecule has 2 aliphatic heterocycles. The molecular weight excluding hydrogens is 1760 g/mol. The lowest BCUT2D eigenvalue weighted by Gasteiger charge is -2.35. The standard InChI is InChI=1S/C92H125FN16O26/c1-105(52-57-20-24-60(25-21-57)83-64-32-36-96-85(125)65-48-63(93)49-69(100-83)82(64)65)76(113)17-5-3-2-4-16-73(110)94-34-10-8-14-66(99-75(112)30-29-72(91(133)134)109-44-42-107(54-80(120)121)40-38-106(53-79(118)119)39-41-108(43-45-109)55-81(122)123)88(128)102-71(50-78(116)117)87(127)97-37-33-74(111)98-51-56-18-26-61(27-19-56)84(124)101-70(47-58-22-23-59-12-6-7-13-62(59)46-58)86(126)95-35-11-9-15-67(89(129)130)103-92(135)104-68(90(131)132)28-31-77(114)115/h6-7,12-13,20-25,46,48-49,56,61,66-68,70-72,100H,2-5,8-11,14-19,26-45,47,50-55H2,1H3,(H,94,110)(H,95,126)(H,96,125)(H,97,127)(H,98,111)(H,99,112)(H,101,124)(H,102,128)(H,114,115)(H,116,117)(H,118,119)(H,120,121)(H,122,123)(H,129,130)(H,131,132)(H,133,134)(H2,103,104,135)/t56?,61?,66-,67+,68+,70+,71-,72?/m1/s1. The molecule has 42 nitrogen and oxygen atoms in total. The van der Waals surface area contributed by atoms with E-state index >= 15 is 0 Å². The van der Waals surface area contributed by atoms with Crippen LogP contribution in [0.25, 0.3) is 32.9 Å². The SMILES string of the molecule is CN(Cc1ccc(-c2[nH]c3cc(F)cc4c3c2CCNC4=O)cc1)C(=O)CCCCCCC(=O)NCCCC[C@@H](NC(=O)CCC(C(=O)O)N1CCN(CC(=O)O)CCN(CC(=O)O)CCN(CC(=O)O)CC1)C(=O)N[C@H](CC(=O)O)C(=O)NCCC(=O)NCC1CCC(C(=O)N[C@@H](Cc2ccc3ccccc3c2)C(=O)NCCCC[C@H](NC(=O)N[C@@H](CCC(=O)O)C(=O)O)C(=O)O)CC1. The first-order chi connectivity index (χ1) is 64.4. The molecule has 11 amide bonds. The van der Waals surface area contributed by atoms with E-state index in [9.17, 15) is 126 Å². The molecule has 0 spiro atoms. The van der Waals surface area contributed by atoms with Crippen LogP contribution < -0.4 is 53.2 Å². The van der Waals surface area contributed by atoms with E-state index in [0.29, 0.717) is 81.8 Å². The number of H-pyrrole nitrogens is 1. The zero-order valence-corrected chi connectivity index (χ0v) is 75.7. The Labute approximate surface area is 778 Å². The number of fused-ring (bicyclic) bond motifs is 1. The third kappa shape index (κ3) is 36.9. The van der Waals surface area contributed by atoms with Gasteiger partial charge >= 0.3 is 53.8 Å². The van der Waals surface area contributed by atoms with Crippen molar-refractivity contribution >= 4 is 129 Å². The van der Waals surface area contributed by atoms with E-state index in [1.165, 1.54) is 31.7 Å². The van der Waals surface area contributed by atoms with E-state index in [1.54, 1.807) is 11.9 Å². The number of amides is 11. The number of aromatic nitrogens is 1. The fraction of sp³-hybridized carbons (Fsp3) is 0.543. The molecule has 2 fully saturated rings. The van der Waals surface area contributed by atoms with Gasteiger partial charge in [-0.25, -0.2) is 18.8 Å². The molecular formula is C92H125FN16O26. The van der Waals surface area contributed by atoms with Crippen LogP contribution in [0.1, 0.15) is 168 Å². The summed E-state index contributed by atoms with van der Waals surface area (Å²) in [7, 11) is 1.71. The van der Waals surface area contributed by atoms with Crippen LogP contribution in [0.15, 0.2) is 78.9 Å². The Morgan fingerprint density at radius 1 is 0.474 bits per heavy atom. The lowest BCUT2D eigenvalue weighted by atomic mass is 9.81. The number of aromatic amines is 1. The molecule has 1 aromatic heterocycles. The van der Waals surface area contributed by atoms with Gasteiger partial charge in [-0.15, -0.1) is 0 Å². The van der Waals surface area contributed by atoms with E-state index < -0.39 is 183 Å². The Morgan fingerprint density at radius 3 is 1.64 bits per heavy atom. The summed E-state index contributed by atoms with van der Waals surface area (Å²) < 4.78 is 14.5. The molecule has 6 atom stereocenters. The van der Waals surface area contributed by atoms with Crippen molar-refractivity contribution < 1.29 is 132 Å². The zero-order chi connectivity index (χ0) is 98.2. The largest absolute Gasteiger partial charge is 0.481 e. The predicted molar refractivity (Wildman–Crippen MR) is 485 cm³/mol. The number of carboxylic acids is 8. The maximum atomic E-state index is 14.5. The summed E-state index contributed by atoms with van der Waals surface area (Å²) in [6, 6.07) is 13.5. The van der Waals surface area contributed by atoms with Crippen LogP contribution in [0, 0.1) is 17.7 Å². The fourth-order valence-electron chi connectivity index (χ4n) is 16.8. The number of nitrogens with one attached hydrogen (secondary N) is 11. The van der Waals surface area contributed by atoms with Crippen LogP contribution in [0.4, 0.5) is 9.18 Å². The van der Waals surface area contributed by atoms with Crippen molar-refractivity contribution in [1.82, 2.24) is 82.7 Å². The molecule has 0 bridgehead atoms. The summed E-state index contributed by atoms with van der Waals surface area (Å²) in [6.07, 6.45) is 2.44. The van der Waals surface area contributed by atoms with E-state index in [-0.39, 0.29) is 178 Å². The van der Waals surface area contributed by atoms with E-state index in [1.807, 2.05) is 66.7 Å². The van der Waals surface area contributed by atoms with Crippen molar-refractivity contribution in [2.24, 2.45) is 11.8 Å². The van der Waals surface area contributed by atoms with Gasteiger partial charge < -0.3 is 104 Å². The number of halogens is 1. The highest BCUT2D eigenvalue weighted by Gasteiger charge is 2.36. The molecule has 1 unspecified atom stereocenters. The minimum absolute atomic E-state index is 0.0355. The molecule has 3 aliphatic rings.